The minimum atomic E-state index is -0.186. The zero-order chi connectivity index (χ0) is 24.9. The number of carbonyl (C=O) groups is 1. The molecule has 2 heterocycles. The molecule has 4 rings (SSSR count). The molecule has 1 aliphatic rings. The summed E-state index contributed by atoms with van der Waals surface area (Å²) in [7, 11) is 1.40. The van der Waals surface area contributed by atoms with Crippen LogP contribution in [0.2, 0.25) is 0 Å². The number of nitrogens with two attached hydrogens (primary N) is 1. The van der Waals surface area contributed by atoms with Crippen molar-refractivity contribution in [3.05, 3.63) is 64.8 Å². The zero-order valence-corrected chi connectivity index (χ0v) is 20.6. The van der Waals surface area contributed by atoms with Crippen LogP contribution in [0.25, 0.3) is 10.9 Å². The van der Waals surface area contributed by atoms with Crippen molar-refractivity contribution in [2.75, 3.05) is 20.3 Å². The Morgan fingerprint density at radius 1 is 1.20 bits per heavy atom. The first-order chi connectivity index (χ1) is 17.2. The fraction of sp³-hybridized carbons (Fsp3) is 0.414. The molecule has 35 heavy (non-hydrogen) atoms. The van der Waals surface area contributed by atoms with Crippen molar-refractivity contribution in [2.24, 2.45) is 5.73 Å². The highest BCUT2D eigenvalue weighted by atomic mass is 16.5. The van der Waals surface area contributed by atoms with Crippen molar-refractivity contribution in [3.8, 4) is 17.6 Å². The number of rotatable bonds is 7. The summed E-state index contributed by atoms with van der Waals surface area (Å²) in [4.78, 5) is 14.2. The maximum absolute atomic E-state index is 11.0. The van der Waals surface area contributed by atoms with Gasteiger partial charge in [0.1, 0.15) is 5.75 Å². The quantitative estimate of drug-likeness (QED) is 0.262. The second-order valence-corrected chi connectivity index (χ2v) is 8.55. The van der Waals surface area contributed by atoms with Gasteiger partial charge in [-0.2, -0.15) is 0 Å². The number of aromatic nitrogens is 1. The van der Waals surface area contributed by atoms with Gasteiger partial charge in [0.05, 0.1) is 13.7 Å². The van der Waals surface area contributed by atoms with E-state index in [2.05, 4.69) is 39.8 Å². The molecular weight excluding hydrogens is 440 g/mol. The van der Waals surface area contributed by atoms with Crippen LogP contribution in [0.3, 0.4) is 0 Å². The van der Waals surface area contributed by atoms with Crippen LogP contribution < -0.4 is 10.5 Å². The van der Waals surface area contributed by atoms with Gasteiger partial charge in [-0.15, -0.1) is 0 Å². The van der Waals surface area contributed by atoms with Crippen LogP contribution in [-0.4, -0.2) is 36.4 Å². The zero-order valence-electron chi connectivity index (χ0n) is 20.6. The summed E-state index contributed by atoms with van der Waals surface area (Å²) in [5, 5.41) is 10.0. The Balaban J connectivity index is 0.000000223. The lowest BCUT2D eigenvalue weighted by Crippen LogP contribution is -2.04. The molecule has 0 radical (unpaired) electrons. The maximum atomic E-state index is 11.0. The van der Waals surface area contributed by atoms with E-state index in [1.54, 1.807) is 0 Å². The lowest BCUT2D eigenvalue weighted by molar-refractivity contribution is -0.140. The number of ether oxygens (including phenoxy) is 2. The highest BCUT2D eigenvalue weighted by Gasteiger charge is 2.14. The average molecular weight is 477 g/mol. The molecule has 3 aromatic rings. The van der Waals surface area contributed by atoms with E-state index in [0.717, 1.165) is 62.0 Å². The van der Waals surface area contributed by atoms with Crippen LogP contribution in [0.4, 0.5) is 0 Å². The third-order valence-corrected chi connectivity index (χ3v) is 5.97. The fourth-order valence-corrected chi connectivity index (χ4v) is 4.14. The summed E-state index contributed by atoms with van der Waals surface area (Å²) in [5.41, 5.74) is 11.5. The minimum Gasteiger partial charge on any atom is -0.493 e. The van der Waals surface area contributed by atoms with Gasteiger partial charge < -0.3 is 25.3 Å². The van der Waals surface area contributed by atoms with Crippen LogP contribution in [0.1, 0.15) is 60.8 Å². The number of esters is 1. The van der Waals surface area contributed by atoms with E-state index in [1.165, 1.54) is 29.1 Å². The maximum Gasteiger partial charge on any atom is 0.305 e. The number of carbonyl (C=O) groups excluding carboxylic acids is 1. The summed E-state index contributed by atoms with van der Waals surface area (Å²) >= 11 is 0. The summed E-state index contributed by atoms with van der Waals surface area (Å²) < 4.78 is 10.4. The van der Waals surface area contributed by atoms with Gasteiger partial charge in [-0.3, -0.25) is 4.79 Å². The molecule has 0 saturated heterocycles. The number of aliphatic hydroxyl groups excluding tert-OH is 1. The Morgan fingerprint density at radius 2 is 2.06 bits per heavy atom. The van der Waals surface area contributed by atoms with Gasteiger partial charge in [0.25, 0.3) is 0 Å². The van der Waals surface area contributed by atoms with Crippen LogP contribution in [0.5, 0.6) is 5.75 Å². The molecule has 0 aliphatic carbocycles. The molecule has 1 aromatic heterocycles. The number of hydrogen-bond acceptors (Lipinski definition) is 5. The number of aryl methyl sites for hydroxylation is 2. The number of fused-ring (bicyclic) bond motifs is 2. The van der Waals surface area contributed by atoms with Crippen molar-refractivity contribution in [1.82, 2.24) is 4.98 Å². The van der Waals surface area contributed by atoms with Crippen molar-refractivity contribution >= 4 is 16.9 Å². The number of H-pyrrole nitrogens is 1. The van der Waals surface area contributed by atoms with E-state index in [-0.39, 0.29) is 12.6 Å². The van der Waals surface area contributed by atoms with Gasteiger partial charge in [0.15, 0.2) is 0 Å². The van der Waals surface area contributed by atoms with Crippen molar-refractivity contribution in [1.29, 1.82) is 0 Å². The molecule has 2 aromatic carbocycles. The molecule has 0 amide bonds. The van der Waals surface area contributed by atoms with Crippen molar-refractivity contribution in [2.45, 2.75) is 57.9 Å². The molecule has 6 heteroatoms. The first kappa shape index (κ1) is 26.3. The topological polar surface area (TPSA) is 97.6 Å². The van der Waals surface area contributed by atoms with E-state index < -0.39 is 0 Å². The number of hydrogen-bond donors (Lipinski definition) is 3. The molecule has 0 bridgehead atoms. The second kappa shape index (κ2) is 14.2. The van der Waals surface area contributed by atoms with Crippen molar-refractivity contribution in [3.63, 3.8) is 0 Å². The van der Waals surface area contributed by atoms with E-state index in [1.807, 2.05) is 24.4 Å². The molecule has 0 unspecified atom stereocenters. The number of unbranched alkanes of at least 4 members (excludes halogenated alkanes) is 1. The van der Waals surface area contributed by atoms with Crippen LogP contribution in [-0.2, 0) is 28.9 Å². The minimum absolute atomic E-state index is 0.186. The van der Waals surface area contributed by atoms with Crippen LogP contribution >= 0.6 is 0 Å². The molecule has 1 aliphatic heterocycles. The summed E-state index contributed by atoms with van der Waals surface area (Å²) in [5.74, 6) is 7.05. The normalized spacial score (nSPS) is 12.3. The predicted octanol–water partition coefficient (Wildman–Crippen LogP) is 4.65. The van der Waals surface area contributed by atoms with Crippen LogP contribution in [0, 0.1) is 11.8 Å². The Morgan fingerprint density at radius 3 is 2.86 bits per heavy atom. The van der Waals surface area contributed by atoms with Crippen LogP contribution in [0.15, 0.2) is 42.6 Å². The number of methoxy groups -OCH3 is 1. The van der Waals surface area contributed by atoms with E-state index in [0.29, 0.717) is 19.4 Å². The number of nitrogens with one attached hydrogen (secondary N) is 1. The number of aliphatic hydroxyl groups is 1. The third-order valence-electron chi connectivity index (χ3n) is 5.97. The van der Waals surface area contributed by atoms with E-state index >= 15 is 0 Å². The predicted molar refractivity (Wildman–Crippen MR) is 139 cm³/mol. The average Bonchev–Trinajstić information content (AvgIpc) is 3.15. The summed E-state index contributed by atoms with van der Waals surface area (Å²) in [6, 6.07) is 12.4. The Hall–Kier alpha value is -3.27. The van der Waals surface area contributed by atoms with Gasteiger partial charge in [-0.25, -0.2) is 0 Å². The largest absolute Gasteiger partial charge is 0.493 e. The molecule has 0 saturated carbocycles. The molecule has 186 valence electrons. The van der Waals surface area contributed by atoms with Gasteiger partial charge in [-0.1, -0.05) is 30.0 Å². The third kappa shape index (κ3) is 7.88. The smallest absolute Gasteiger partial charge is 0.305 e. The first-order valence-electron chi connectivity index (χ1n) is 12.4. The highest BCUT2D eigenvalue weighted by Crippen LogP contribution is 2.29. The van der Waals surface area contributed by atoms with Gasteiger partial charge >= 0.3 is 5.97 Å². The lowest BCUT2D eigenvalue weighted by Gasteiger charge is -2.12. The number of para-hydroxylation sites is 1. The van der Waals surface area contributed by atoms with E-state index in [9.17, 15) is 4.79 Å². The lowest BCUT2D eigenvalue weighted by atomic mass is 10.0. The summed E-state index contributed by atoms with van der Waals surface area (Å²) in [6.07, 6.45) is 8.85. The van der Waals surface area contributed by atoms with Gasteiger partial charge in [0.2, 0.25) is 0 Å². The molecular formula is C29H36N2O4. The standard InChI is InChI=1S/C18H23NO3.C11H13NO/c1-21-17(20)9-4-2-3-7-14-11-15-8-5-6-10-22-18(15)16(12-14)13-19;13-7-3-4-9-8-12-11-6-2-1-5-10(9)11/h11-12H,2,4-6,8-10,13,19H2,1H3;1-2,5-6,8,12-13H,3-4,7H2. The Bertz CT molecular complexity index is 1160. The highest BCUT2D eigenvalue weighted by molar-refractivity contribution is 5.83. The van der Waals surface area contributed by atoms with Gasteiger partial charge in [0, 0.05) is 54.2 Å². The number of benzene rings is 2. The van der Waals surface area contributed by atoms with Crippen molar-refractivity contribution < 1.29 is 19.4 Å². The Labute approximate surface area is 207 Å². The fourth-order valence-electron chi connectivity index (χ4n) is 4.14. The summed E-state index contributed by atoms with van der Waals surface area (Å²) in [6.45, 7) is 1.48. The molecule has 0 atom stereocenters. The molecule has 6 nitrogen and oxygen atoms in total. The van der Waals surface area contributed by atoms with Gasteiger partial charge in [-0.05, 0) is 67.9 Å². The SMILES string of the molecule is COC(=O)CCCC#Cc1cc(CN)c2c(c1)CCCCO2.OCCCc1c[nH]c2ccccc12. The monoisotopic (exact) mass is 476 g/mol. The molecule has 0 spiro atoms. The number of aromatic amines is 1. The first-order valence-corrected chi connectivity index (χ1v) is 12.4. The Kier molecular flexibility index (Phi) is 10.7. The second-order valence-electron chi connectivity index (χ2n) is 8.55. The van der Waals surface area contributed by atoms with E-state index in [4.69, 9.17) is 15.6 Å². The molecule has 4 N–H and O–H groups in total. The molecule has 0 fully saturated rings.